The van der Waals surface area contributed by atoms with E-state index >= 15 is 0 Å². The van der Waals surface area contributed by atoms with Crippen LogP contribution in [0.2, 0.25) is 0 Å². The molecule has 7 heteroatoms. The first-order chi connectivity index (χ1) is 8.71. The molecule has 2 unspecified atom stereocenters. The summed E-state index contributed by atoms with van der Waals surface area (Å²) < 4.78 is 36.8. The number of carboxylic acid groups (broad SMARTS) is 1. The minimum Gasteiger partial charge on any atom is -0.480 e. The van der Waals surface area contributed by atoms with Gasteiger partial charge in [0.05, 0.1) is 0 Å². The molecule has 2 atom stereocenters. The van der Waals surface area contributed by atoms with Crippen LogP contribution in [-0.4, -0.2) is 28.7 Å². The minimum absolute atomic E-state index is 0.0423. The third-order valence-electron chi connectivity index (χ3n) is 3.79. The first-order valence-electron chi connectivity index (χ1n) is 6.34. The number of halogens is 3. The maximum atomic E-state index is 12.3. The number of rotatable bonds is 3. The standard InChI is InChI=1S/C12H18F3NO3/c1-2-8-4-3-6-11(7-5-8,10(18)19)16-9(17)12(13,14)15/h8H,2-7H2,1H3,(H,16,17)(H,18,19). The number of amides is 1. The van der Waals surface area contributed by atoms with Crippen LogP contribution in [0.3, 0.4) is 0 Å². The summed E-state index contributed by atoms with van der Waals surface area (Å²) in [6.45, 7) is 1.97. The molecule has 1 rings (SSSR count). The zero-order valence-corrected chi connectivity index (χ0v) is 10.7. The minimum atomic E-state index is -5.06. The van der Waals surface area contributed by atoms with E-state index in [0.717, 1.165) is 12.8 Å². The molecule has 0 aromatic carbocycles. The maximum absolute atomic E-state index is 12.3. The lowest BCUT2D eigenvalue weighted by Crippen LogP contribution is -2.57. The van der Waals surface area contributed by atoms with Gasteiger partial charge in [0.25, 0.3) is 0 Å². The number of hydrogen-bond acceptors (Lipinski definition) is 2. The summed E-state index contributed by atoms with van der Waals surface area (Å²) in [5, 5.41) is 10.9. The lowest BCUT2D eigenvalue weighted by Gasteiger charge is -2.29. The van der Waals surface area contributed by atoms with E-state index in [-0.39, 0.29) is 12.8 Å². The van der Waals surface area contributed by atoms with Gasteiger partial charge in [-0.3, -0.25) is 4.79 Å². The van der Waals surface area contributed by atoms with Crippen molar-refractivity contribution < 1.29 is 27.9 Å². The van der Waals surface area contributed by atoms with Crippen molar-refractivity contribution >= 4 is 11.9 Å². The topological polar surface area (TPSA) is 66.4 Å². The van der Waals surface area contributed by atoms with Crippen LogP contribution in [0.25, 0.3) is 0 Å². The van der Waals surface area contributed by atoms with Gasteiger partial charge in [0.1, 0.15) is 5.54 Å². The second kappa shape index (κ2) is 5.79. The van der Waals surface area contributed by atoms with E-state index in [9.17, 15) is 27.9 Å². The number of carbonyl (C=O) groups is 2. The molecule has 0 saturated heterocycles. The number of alkyl halides is 3. The van der Waals surface area contributed by atoms with Crippen molar-refractivity contribution in [2.24, 2.45) is 5.92 Å². The van der Waals surface area contributed by atoms with Crippen molar-refractivity contribution in [1.29, 1.82) is 0 Å². The predicted molar refractivity (Wildman–Crippen MR) is 61.4 cm³/mol. The third-order valence-corrected chi connectivity index (χ3v) is 3.79. The van der Waals surface area contributed by atoms with E-state index < -0.39 is 23.6 Å². The molecule has 1 aliphatic carbocycles. The molecule has 1 aliphatic rings. The Balaban J connectivity index is 2.86. The molecule has 0 bridgehead atoms. The summed E-state index contributed by atoms with van der Waals surface area (Å²) in [5.41, 5.74) is -1.78. The number of nitrogens with one attached hydrogen (secondary N) is 1. The zero-order chi connectivity index (χ0) is 14.7. The second-order valence-corrected chi connectivity index (χ2v) is 5.04. The lowest BCUT2D eigenvalue weighted by atomic mass is 9.89. The highest BCUT2D eigenvalue weighted by molar-refractivity contribution is 5.89. The van der Waals surface area contributed by atoms with Crippen LogP contribution in [0, 0.1) is 5.92 Å². The number of aliphatic carboxylic acids is 1. The summed E-state index contributed by atoms with van der Waals surface area (Å²) in [5.74, 6) is -3.25. The van der Waals surface area contributed by atoms with Crippen LogP contribution in [0.15, 0.2) is 0 Å². The van der Waals surface area contributed by atoms with Crippen molar-refractivity contribution in [1.82, 2.24) is 5.32 Å². The van der Waals surface area contributed by atoms with Crippen LogP contribution in [0.5, 0.6) is 0 Å². The first-order valence-corrected chi connectivity index (χ1v) is 6.34. The average molecular weight is 281 g/mol. The summed E-state index contributed by atoms with van der Waals surface area (Å²) in [6.07, 6.45) is -2.30. The van der Waals surface area contributed by atoms with Gasteiger partial charge in [0, 0.05) is 0 Å². The molecule has 0 radical (unpaired) electrons. The molecule has 1 saturated carbocycles. The number of carbonyl (C=O) groups excluding carboxylic acids is 1. The highest BCUT2D eigenvalue weighted by atomic mass is 19.4. The van der Waals surface area contributed by atoms with Crippen LogP contribution in [0.1, 0.15) is 45.4 Å². The van der Waals surface area contributed by atoms with E-state index in [1.807, 2.05) is 6.92 Å². The molecule has 0 heterocycles. The van der Waals surface area contributed by atoms with E-state index in [1.165, 1.54) is 0 Å². The highest BCUT2D eigenvalue weighted by Crippen LogP contribution is 2.33. The van der Waals surface area contributed by atoms with Crippen LogP contribution in [-0.2, 0) is 9.59 Å². The lowest BCUT2D eigenvalue weighted by molar-refractivity contribution is -0.178. The van der Waals surface area contributed by atoms with Gasteiger partial charge in [-0.15, -0.1) is 0 Å². The van der Waals surface area contributed by atoms with Gasteiger partial charge < -0.3 is 10.4 Å². The van der Waals surface area contributed by atoms with Crippen molar-refractivity contribution in [2.45, 2.75) is 57.2 Å². The van der Waals surface area contributed by atoms with Gasteiger partial charge >= 0.3 is 18.1 Å². The normalized spacial score (nSPS) is 28.5. The summed E-state index contributed by atoms with van der Waals surface area (Å²) in [7, 11) is 0. The Morgan fingerprint density at radius 1 is 1.32 bits per heavy atom. The van der Waals surface area contributed by atoms with Crippen molar-refractivity contribution in [3.63, 3.8) is 0 Å². The fourth-order valence-corrected chi connectivity index (χ4v) is 2.50. The molecule has 0 spiro atoms. The molecule has 110 valence electrons. The zero-order valence-electron chi connectivity index (χ0n) is 10.7. The quantitative estimate of drug-likeness (QED) is 0.781. The molecule has 0 aromatic rings. The first kappa shape index (κ1) is 15.8. The van der Waals surface area contributed by atoms with Gasteiger partial charge in [-0.25, -0.2) is 4.79 Å². The molecular formula is C12H18F3NO3. The Kier molecular flexibility index (Phi) is 4.81. The van der Waals surface area contributed by atoms with E-state index in [1.54, 1.807) is 5.32 Å². The number of hydrogen-bond donors (Lipinski definition) is 2. The van der Waals surface area contributed by atoms with E-state index in [2.05, 4.69) is 0 Å². The maximum Gasteiger partial charge on any atom is 0.471 e. The molecule has 4 nitrogen and oxygen atoms in total. The van der Waals surface area contributed by atoms with Crippen molar-refractivity contribution in [3.8, 4) is 0 Å². The van der Waals surface area contributed by atoms with Crippen molar-refractivity contribution in [3.05, 3.63) is 0 Å². The van der Waals surface area contributed by atoms with Crippen molar-refractivity contribution in [2.75, 3.05) is 0 Å². The molecule has 0 aliphatic heterocycles. The predicted octanol–water partition coefficient (Wildman–Crippen LogP) is 2.48. The molecule has 1 amide bonds. The molecule has 2 N–H and O–H groups in total. The fraction of sp³-hybridized carbons (Fsp3) is 0.833. The highest BCUT2D eigenvalue weighted by Gasteiger charge is 2.48. The summed E-state index contributed by atoms with van der Waals surface area (Å²) in [4.78, 5) is 22.3. The monoisotopic (exact) mass is 281 g/mol. The molecule has 1 fully saturated rings. The van der Waals surface area contributed by atoms with Crippen LogP contribution >= 0.6 is 0 Å². The van der Waals surface area contributed by atoms with Gasteiger partial charge in [-0.2, -0.15) is 13.2 Å². The molecule has 19 heavy (non-hydrogen) atoms. The van der Waals surface area contributed by atoms with Crippen LogP contribution < -0.4 is 5.32 Å². The fourth-order valence-electron chi connectivity index (χ4n) is 2.50. The second-order valence-electron chi connectivity index (χ2n) is 5.04. The third kappa shape index (κ3) is 3.84. The van der Waals surface area contributed by atoms with Crippen LogP contribution in [0.4, 0.5) is 13.2 Å². The molecule has 0 aromatic heterocycles. The van der Waals surface area contributed by atoms with E-state index in [0.29, 0.717) is 18.8 Å². The Morgan fingerprint density at radius 2 is 1.95 bits per heavy atom. The SMILES string of the molecule is CCC1CCCC(NC(=O)C(F)(F)F)(C(=O)O)CC1. The van der Waals surface area contributed by atoms with Gasteiger partial charge in [-0.1, -0.05) is 26.2 Å². The Labute approximate surface area is 109 Å². The van der Waals surface area contributed by atoms with Gasteiger partial charge in [-0.05, 0) is 25.2 Å². The average Bonchev–Trinajstić information content (AvgIpc) is 2.51. The number of carboxylic acids is 1. The van der Waals surface area contributed by atoms with Gasteiger partial charge in [0.15, 0.2) is 0 Å². The molecular weight excluding hydrogens is 263 g/mol. The Morgan fingerprint density at radius 3 is 2.42 bits per heavy atom. The largest absolute Gasteiger partial charge is 0.480 e. The van der Waals surface area contributed by atoms with E-state index in [4.69, 9.17) is 0 Å². The smallest absolute Gasteiger partial charge is 0.471 e. The Bertz CT molecular complexity index is 357. The summed E-state index contributed by atoms with van der Waals surface area (Å²) >= 11 is 0. The summed E-state index contributed by atoms with van der Waals surface area (Å²) in [6, 6.07) is 0. The van der Waals surface area contributed by atoms with Gasteiger partial charge in [0.2, 0.25) is 0 Å². The Hall–Kier alpha value is -1.27.